The van der Waals surface area contributed by atoms with Crippen LogP contribution in [0, 0.1) is 23.0 Å². The number of hydrogen-bond acceptors (Lipinski definition) is 13. The zero-order chi connectivity index (χ0) is 47.9. The summed E-state index contributed by atoms with van der Waals surface area (Å²) in [5.74, 6) is -3.02. The van der Waals surface area contributed by atoms with E-state index in [1.54, 1.807) is 36.7 Å². The number of pyridine rings is 1. The normalized spacial score (nSPS) is 22.0. The van der Waals surface area contributed by atoms with Crippen LogP contribution in [0.15, 0.2) is 55.1 Å². The number of ketones is 1. The van der Waals surface area contributed by atoms with Crippen LogP contribution in [-0.4, -0.2) is 144 Å². The van der Waals surface area contributed by atoms with Crippen LogP contribution >= 0.6 is 0 Å². The van der Waals surface area contributed by atoms with Crippen molar-refractivity contribution in [2.75, 3.05) is 80.5 Å². The Morgan fingerprint density at radius 1 is 0.928 bits per heavy atom. The van der Waals surface area contributed by atoms with Gasteiger partial charge in [0.05, 0.1) is 23.9 Å². The number of ether oxygens (including phenoxy) is 1. The van der Waals surface area contributed by atoms with E-state index in [1.807, 2.05) is 16.9 Å². The number of aromatic amines is 1. The van der Waals surface area contributed by atoms with Gasteiger partial charge in [0.1, 0.15) is 29.4 Å². The maximum Gasteiger partial charge on any atom is 0.301 e. The van der Waals surface area contributed by atoms with Crippen molar-refractivity contribution in [2.45, 2.75) is 50.9 Å². The molecule has 5 fully saturated rings. The highest BCUT2D eigenvalue weighted by Crippen LogP contribution is 2.45. The third kappa shape index (κ3) is 8.10. The van der Waals surface area contributed by atoms with Gasteiger partial charge in [0.2, 0.25) is 23.5 Å². The quantitative estimate of drug-likeness (QED) is 0.120. The highest BCUT2D eigenvalue weighted by atomic mass is 32.2. The molecule has 6 aliphatic heterocycles. The molecule has 1 unspecified atom stereocenters. The summed E-state index contributed by atoms with van der Waals surface area (Å²) in [7, 11) is -2.82. The molecule has 5 aromatic rings. The van der Waals surface area contributed by atoms with Gasteiger partial charge in [0.15, 0.2) is 5.82 Å². The predicted molar refractivity (Wildman–Crippen MR) is 246 cm³/mol. The van der Waals surface area contributed by atoms with E-state index in [2.05, 4.69) is 40.0 Å². The summed E-state index contributed by atoms with van der Waals surface area (Å²) in [4.78, 5) is 76.6. The standard InChI is InChI=1S/C47H48F3N11O7S/c1-68-37-14-31(12-28-20-61(45(65)39(28)37)36-4-5-38(62)55-44(36)64)59-24-47(25-59)22-57(23-47)19-26-6-9-58(10-7-26)46-53-16-29(17-54-46)27-13-32-33(18-52-43(32)51-15-27)42(63)40-34(49)2-3-35(41(40)50)56-69(66,67)60-11-8-30(48)21-60/h2-3,12-18,26,30,36,56H,4-11,19-25H2,1H3,(H,51,52)(H,55,62,64)/t30-,36?/m1/s1. The SMILES string of the molecule is COc1cc(N2CC3(CN(CC4CCN(c5ncc(-c6cnc7[nH]cc(C(=O)c8c(F)ccc(NS(=O)(=O)N9CC[C@@H](F)C9)c8F)c7c6)cn5)CC4)C3)C2)cc2c1C(=O)N(C1CCC(=O)NC1=O)C2. The van der Waals surface area contributed by atoms with E-state index in [1.165, 1.54) is 6.20 Å². The fourth-order valence-electron chi connectivity index (χ4n) is 10.9. The van der Waals surface area contributed by atoms with Crippen molar-refractivity contribution in [3.63, 3.8) is 0 Å². The topological polar surface area (TPSA) is 206 Å². The Morgan fingerprint density at radius 3 is 2.39 bits per heavy atom. The summed E-state index contributed by atoms with van der Waals surface area (Å²) >= 11 is 0. The first-order valence-corrected chi connectivity index (χ1v) is 24.4. The average Bonchev–Trinajstić information content (AvgIpc) is 4.04. The Balaban J connectivity index is 0.677. The molecule has 3 N–H and O–H groups in total. The Morgan fingerprint density at radius 2 is 1.68 bits per heavy atom. The van der Waals surface area contributed by atoms with Gasteiger partial charge in [-0.3, -0.25) is 29.2 Å². The number of benzene rings is 2. The number of carbonyl (C=O) groups is 4. The van der Waals surface area contributed by atoms with Crippen molar-refractivity contribution >= 4 is 62.1 Å². The first-order chi connectivity index (χ1) is 33.2. The van der Waals surface area contributed by atoms with Gasteiger partial charge in [-0.25, -0.2) is 28.1 Å². The minimum atomic E-state index is -4.37. The van der Waals surface area contributed by atoms with Crippen molar-refractivity contribution in [1.29, 1.82) is 0 Å². The second-order valence-electron chi connectivity index (χ2n) is 19.1. The van der Waals surface area contributed by atoms with Crippen molar-refractivity contribution in [3.05, 3.63) is 89.0 Å². The van der Waals surface area contributed by atoms with Gasteiger partial charge in [0, 0.05) is 136 Å². The van der Waals surface area contributed by atoms with E-state index in [9.17, 15) is 32.0 Å². The summed E-state index contributed by atoms with van der Waals surface area (Å²) < 4.78 is 78.8. The monoisotopic (exact) mass is 967 g/mol. The van der Waals surface area contributed by atoms with Gasteiger partial charge in [-0.15, -0.1) is 0 Å². The predicted octanol–water partition coefficient (Wildman–Crippen LogP) is 4.04. The van der Waals surface area contributed by atoms with E-state index in [0.717, 1.165) is 86.3 Å². The largest absolute Gasteiger partial charge is 0.496 e. The number of alkyl halides is 1. The molecule has 6 aliphatic rings. The van der Waals surface area contributed by atoms with Crippen LogP contribution in [0.4, 0.5) is 30.5 Å². The number of anilines is 3. The molecule has 5 saturated heterocycles. The second-order valence-corrected chi connectivity index (χ2v) is 20.8. The number of piperidine rings is 2. The molecule has 3 aromatic heterocycles. The molecule has 0 radical (unpaired) electrons. The molecule has 0 aliphatic carbocycles. The van der Waals surface area contributed by atoms with Crippen LogP contribution in [-0.2, 0) is 26.3 Å². The maximum absolute atomic E-state index is 15.8. The van der Waals surface area contributed by atoms with Crippen LogP contribution in [0.3, 0.4) is 0 Å². The van der Waals surface area contributed by atoms with E-state index < -0.39 is 63.5 Å². The number of H-pyrrole nitrogens is 1. The van der Waals surface area contributed by atoms with Crippen molar-refractivity contribution in [1.82, 2.24) is 39.4 Å². The summed E-state index contributed by atoms with van der Waals surface area (Å²) in [5, 5.41) is 2.64. The third-order valence-electron chi connectivity index (χ3n) is 14.5. The van der Waals surface area contributed by atoms with Crippen LogP contribution < -0.4 is 24.6 Å². The van der Waals surface area contributed by atoms with E-state index in [-0.39, 0.29) is 53.2 Å². The van der Waals surface area contributed by atoms with Crippen LogP contribution in [0.1, 0.15) is 63.9 Å². The zero-order valence-corrected chi connectivity index (χ0v) is 38.3. The van der Waals surface area contributed by atoms with Gasteiger partial charge in [-0.1, -0.05) is 0 Å². The molecule has 9 heterocycles. The lowest BCUT2D eigenvalue weighted by atomic mass is 9.72. The smallest absolute Gasteiger partial charge is 0.301 e. The number of aromatic nitrogens is 4. The number of methoxy groups -OCH3 is 1. The first kappa shape index (κ1) is 44.8. The fourth-order valence-corrected chi connectivity index (χ4v) is 12.2. The summed E-state index contributed by atoms with van der Waals surface area (Å²) in [5.41, 5.74) is 2.29. The lowest BCUT2D eigenvalue weighted by molar-refractivity contribution is -0.136. The minimum Gasteiger partial charge on any atom is -0.496 e. The van der Waals surface area contributed by atoms with Gasteiger partial charge >= 0.3 is 10.2 Å². The Kier molecular flexibility index (Phi) is 11.1. The highest BCUT2D eigenvalue weighted by molar-refractivity contribution is 7.90. The zero-order valence-electron chi connectivity index (χ0n) is 37.5. The molecular formula is C47H48F3N11O7S. The second kappa shape index (κ2) is 17.1. The maximum atomic E-state index is 15.8. The number of carbonyl (C=O) groups excluding carboxylic acids is 4. The van der Waals surface area contributed by atoms with Gasteiger partial charge in [-0.05, 0) is 61.4 Å². The summed E-state index contributed by atoms with van der Waals surface area (Å²) in [6.07, 6.45) is 7.31. The van der Waals surface area contributed by atoms with Crippen molar-refractivity contribution in [2.24, 2.45) is 11.3 Å². The first-order valence-electron chi connectivity index (χ1n) is 23.0. The molecule has 18 nitrogen and oxygen atoms in total. The van der Waals surface area contributed by atoms with Gasteiger partial charge < -0.3 is 29.3 Å². The number of hydrogen-bond donors (Lipinski definition) is 3. The molecule has 360 valence electrons. The third-order valence-corrected chi connectivity index (χ3v) is 16.0. The number of nitrogens with one attached hydrogen (secondary N) is 3. The van der Waals surface area contributed by atoms with Gasteiger partial charge in [-0.2, -0.15) is 12.7 Å². The number of nitrogens with zero attached hydrogens (tertiary/aromatic N) is 8. The Bertz CT molecular complexity index is 3040. The Hall–Kier alpha value is -6.65. The van der Waals surface area contributed by atoms with E-state index >= 15 is 8.78 Å². The molecule has 3 amide bonds. The molecule has 2 aromatic carbocycles. The number of imide groups is 1. The number of amides is 3. The summed E-state index contributed by atoms with van der Waals surface area (Å²) in [6, 6.07) is 6.58. The fraction of sp³-hybridized carbons (Fsp3) is 0.426. The number of fused-ring (bicyclic) bond motifs is 2. The lowest BCUT2D eigenvalue weighted by Gasteiger charge is -2.61. The molecule has 0 saturated carbocycles. The van der Waals surface area contributed by atoms with Crippen LogP contribution in [0.5, 0.6) is 5.75 Å². The van der Waals surface area contributed by atoms with Crippen LogP contribution in [0.25, 0.3) is 22.2 Å². The average molecular weight is 968 g/mol. The van der Waals surface area contributed by atoms with Crippen LogP contribution in [0.2, 0.25) is 0 Å². The molecule has 11 rings (SSSR count). The van der Waals surface area contributed by atoms with Crippen molar-refractivity contribution in [3.8, 4) is 16.9 Å². The lowest BCUT2D eigenvalue weighted by Crippen LogP contribution is -2.72. The molecule has 22 heteroatoms. The highest BCUT2D eigenvalue weighted by Gasteiger charge is 2.52. The number of halogens is 3. The molecular weight excluding hydrogens is 920 g/mol. The van der Waals surface area contributed by atoms with E-state index in [0.29, 0.717) is 47.3 Å². The number of rotatable bonds is 12. The van der Waals surface area contributed by atoms with Crippen molar-refractivity contribution < 1.29 is 45.5 Å². The molecule has 0 bridgehead atoms. The number of likely N-dealkylation sites (tertiary alicyclic amines) is 1. The molecule has 1 spiro atoms. The molecule has 2 atom stereocenters. The van der Waals surface area contributed by atoms with Gasteiger partial charge in [0.25, 0.3) is 5.91 Å². The minimum absolute atomic E-state index is 0.00479. The molecule has 69 heavy (non-hydrogen) atoms. The summed E-state index contributed by atoms with van der Waals surface area (Å²) in [6.45, 7) is 6.26. The Labute approximate surface area is 394 Å². The van der Waals surface area contributed by atoms with E-state index in [4.69, 9.17) is 4.74 Å².